The Morgan fingerprint density at radius 2 is 1.70 bits per heavy atom. The number of benzene rings is 1. The van der Waals surface area contributed by atoms with E-state index in [4.69, 9.17) is 0 Å². The minimum atomic E-state index is -4.67. The third-order valence-electron chi connectivity index (χ3n) is 6.95. The number of carbonyl (C=O) groups is 1. The molecule has 0 saturated heterocycles. The molecule has 40 heavy (non-hydrogen) atoms. The van der Waals surface area contributed by atoms with E-state index in [1.807, 2.05) is 0 Å². The number of halogens is 3. The Labute approximate surface area is 232 Å². The number of sulfone groups is 1. The maximum Gasteiger partial charge on any atom is 0.434 e. The molecule has 8 nitrogen and oxygen atoms in total. The summed E-state index contributed by atoms with van der Waals surface area (Å²) in [7, 11) is -3.32. The van der Waals surface area contributed by atoms with Crippen molar-refractivity contribution >= 4 is 21.6 Å². The zero-order valence-corrected chi connectivity index (χ0v) is 23.3. The van der Waals surface area contributed by atoms with Crippen LogP contribution in [-0.2, 0) is 29.0 Å². The molecule has 2 amide bonds. The van der Waals surface area contributed by atoms with E-state index in [9.17, 15) is 26.4 Å². The molecule has 214 valence electrons. The summed E-state index contributed by atoms with van der Waals surface area (Å²) in [5.74, 6) is 0.00157. The van der Waals surface area contributed by atoms with Crippen LogP contribution < -0.4 is 10.2 Å². The molecule has 3 heterocycles. The molecule has 1 N–H and O–H groups in total. The van der Waals surface area contributed by atoms with Gasteiger partial charge in [-0.3, -0.25) is 9.88 Å². The highest BCUT2D eigenvalue weighted by molar-refractivity contribution is 7.91. The standard InChI is InChI=1S/C28H32F3N5O3S/c1-3-40(38,39)21-12-10-20(11-13-21)17-32-27(37)36-16-8-6-4-5-7-9-22-24(36)15-14-23(35-22)25-19(2)33-18-34-26(25)28(29,30)31/h10-15,18H,3-9,16-17H2,1-2H3,(H,32,37). The number of alkyl halides is 3. The Bertz CT molecular complexity index is 1460. The van der Waals surface area contributed by atoms with Crippen molar-refractivity contribution in [3.8, 4) is 11.3 Å². The van der Waals surface area contributed by atoms with E-state index in [-0.39, 0.29) is 40.2 Å². The first-order valence-corrected chi connectivity index (χ1v) is 14.9. The predicted molar refractivity (Wildman–Crippen MR) is 146 cm³/mol. The van der Waals surface area contributed by atoms with Crippen LogP contribution in [0.2, 0.25) is 0 Å². The van der Waals surface area contributed by atoms with Crippen molar-refractivity contribution in [1.29, 1.82) is 0 Å². The molecule has 0 saturated carbocycles. The SMILES string of the molecule is CCS(=O)(=O)c1ccc(CNC(=O)N2CCCCCCCc3nc(-c4c(C)ncnc4C(F)(F)F)ccc32)cc1. The summed E-state index contributed by atoms with van der Waals surface area (Å²) in [6.45, 7) is 3.67. The third kappa shape index (κ3) is 6.78. The Hall–Kier alpha value is -3.54. The molecule has 1 aliphatic rings. The number of rotatable bonds is 5. The van der Waals surface area contributed by atoms with Crippen LogP contribution in [0.4, 0.5) is 23.7 Å². The lowest BCUT2D eigenvalue weighted by Gasteiger charge is -2.27. The van der Waals surface area contributed by atoms with Crippen LogP contribution in [-0.4, -0.2) is 41.7 Å². The van der Waals surface area contributed by atoms with Crippen molar-refractivity contribution in [2.24, 2.45) is 0 Å². The van der Waals surface area contributed by atoms with Crippen LogP contribution in [0, 0.1) is 6.92 Å². The van der Waals surface area contributed by atoms with Crippen molar-refractivity contribution < 1.29 is 26.4 Å². The number of hydrogen-bond donors (Lipinski definition) is 1. The molecule has 4 rings (SSSR count). The molecule has 1 aliphatic heterocycles. The average Bonchev–Trinajstić information content (AvgIpc) is 2.93. The van der Waals surface area contributed by atoms with Gasteiger partial charge >= 0.3 is 12.2 Å². The number of carbonyl (C=O) groups excluding carboxylic acids is 1. The third-order valence-corrected chi connectivity index (χ3v) is 8.70. The van der Waals surface area contributed by atoms with E-state index >= 15 is 0 Å². The molecule has 0 spiro atoms. The monoisotopic (exact) mass is 575 g/mol. The minimum Gasteiger partial charge on any atom is -0.334 e. The molecule has 2 aromatic heterocycles. The Balaban J connectivity index is 1.63. The van der Waals surface area contributed by atoms with E-state index < -0.39 is 21.7 Å². The number of amides is 2. The molecule has 0 unspecified atom stereocenters. The highest BCUT2D eigenvalue weighted by atomic mass is 32.2. The second kappa shape index (κ2) is 12.3. The van der Waals surface area contributed by atoms with Crippen molar-refractivity contribution in [2.75, 3.05) is 17.2 Å². The quantitative estimate of drug-likeness (QED) is 0.407. The van der Waals surface area contributed by atoms with Gasteiger partial charge in [0.05, 0.1) is 39.0 Å². The molecule has 12 heteroatoms. The second-order valence-corrected chi connectivity index (χ2v) is 12.0. The summed E-state index contributed by atoms with van der Waals surface area (Å²) in [6.07, 6.45) is 1.19. The van der Waals surface area contributed by atoms with E-state index in [0.29, 0.717) is 24.3 Å². The van der Waals surface area contributed by atoms with Gasteiger partial charge in [0.25, 0.3) is 0 Å². The number of aryl methyl sites for hydroxylation is 2. The van der Waals surface area contributed by atoms with Crippen LogP contribution >= 0.6 is 0 Å². The lowest BCUT2D eigenvalue weighted by molar-refractivity contribution is -0.140. The zero-order valence-electron chi connectivity index (χ0n) is 22.5. The van der Waals surface area contributed by atoms with Crippen LogP contribution in [0.5, 0.6) is 0 Å². The number of hydrogen-bond acceptors (Lipinski definition) is 6. The molecule has 1 aromatic carbocycles. The minimum absolute atomic E-state index is 0.00157. The lowest BCUT2D eigenvalue weighted by Crippen LogP contribution is -2.41. The number of pyridine rings is 1. The Kier molecular flexibility index (Phi) is 9.07. The van der Waals surface area contributed by atoms with E-state index in [2.05, 4.69) is 20.3 Å². The highest BCUT2D eigenvalue weighted by Gasteiger charge is 2.37. The van der Waals surface area contributed by atoms with E-state index in [1.54, 1.807) is 30.0 Å². The second-order valence-electron chi connectivity index (χ2n) is 9.72. The first-order valence-electron chi connectivity index (χ1n) is 13.3. The van der Waals surface area contributed by atoms with Gasteiger partial charge in [0.2, 0.25) is 0 Å². The van der Waals surface area contributed by atoms with Crippen molar-refractivity contribution in [3.05, 3.63) is 65.4 Å². The van der Waals surface area contributed by atoms with Gasteiger partial charge in [-0.15, -0.1) is 0 Å². The van der Waals surface area contributed by atoms with Crippen LogP contribution in [0.25, 0.3) is 11.3 Å². The number of fused-ring (bicyclic) bond motifs is 1. The van der Waals surface area contributed by atoms with E-state index in [1.165, 1.54) is 25.1 Å². The van der Waals surface area contributed by atoms with Gasteiger partial charge in [-0.05, 0) is 56.0 Å². The average molecular weight is 576 g/mol. The highest BCUT2D eigenvalue weighted by Crippen LogP contribution is 2.37. The van der Waals surface area contributed by atoms with Gasteiger partial charge < -0.3 is 5.32 Å². The van der Waals surface area contributed by atoms with Crippen molar-refractivity contribution in [1.82, 2.24) is 20.3 Å². The molecule has 0 atom stereocenters. The predicted octanol–water partition coefficient (Wildman–Crippen LogP) is 5.88. The molecule has 0 aliphatic carbocycles. The van der Waals surface area contributed by atoms with Gasteiger partial charge in [0.1, 0.15) is 6.33 Å². The van der Waals surface area contributed by atoms with Gasteiger partial charge in [-0.1, -0.05) is 38.3 Å². The summed E-state index contributed by atoms with van der Waals surface area (Å²) in [4.78, 5) is 27.3. The van der Waals surface area contributed by atoms with Crippen molar-refractivity contribution in [2.45, 2.75) is 70.0 Å². The number of nitrogens with zero attached hydrogens (tertiary/aromatic N) is 4. The maximum atomic E-state index is 13.8. The Morgan fingerprint density at radius 1 is 1.00 bits per heavy atom. The van der Waals surface area contributed by atoms with E-state index in [0.717, 1.165) is 44.0 Å². The molecule has 0 radical (unpaired) electrons. The maximum absolute atomic E-state index is 13.8. The van der Waals surface area contributed by atoms with Crippen molar-refractivity contribution in [3.63, 3.8) is 0 Å². The summed E-state index contributed by atoms with van der Waals surface area (Å²) in [5, 5.41) is 2.89. The topological polar surface area (TPSA) is 105 Å². The molecule has 0 bridgehead atoms. The van der Waals surface area contributed by atoms with Crippen LogP contribution in [0.1, 0.15) is 61.7 Å². The smallest absolute Gasteiger partial charge is 0.334 e. The lowest BCUT2D eigenvalue weighted by atomic mass is 10.0. The normalized spacial score (nSPS) is 14.9. The number of aromatic nitrogens is 3. The number of anilines is 1. The zero-order chi connectivity index (χ0) is 28.9. The summed E-state index contributed by atoms with van der Waals surface area (Å²) < 4.78 is 65.4. The number of urea groups is 1. The van der Waals surface area contributed by atoms with Crippen LogP contribution in [0.15, 0.2) is 47.6 Å². The fourth-order valence-corrected chi connectivity index (χ4v) is 5.62. The number of nitrogens with one attached hydrogen (secondary N) is 1. The molecule has 3 aromatic rings. The molecule has 0 fully saturated rings. The van der Waals surface area contributed by atoms with Gasteiger partial charge in [-0.25, -0.2) is 23.2 Å². The van der Waals surface area contributed by atoms with Gasteiger partial charge in [0.15, 0.2) is 15.5 Å². The van der Waals surface area contributed by atoms with Gasteiger partial charge in [0, 0.05) is 13.1 Å². The fraction of sp³-hybridized carbons (Fsp3) is 0.429. The van der Waals surface area contributed by atoms with Gasteiger partial charge in [-0.2, -0.15) is 13.2 Å². The summed E-state index contributed by atoms with van der Waals surface area (Å²) >= 11 is 0. The Morgan fingerprint density at radius 3 is 2.40 bits per heavy atom. The summed E-state index contributed by atoms with van der Waals surface area (Å²) in [5.41, 5.74) is 0.901. The first-order chi connectivity index (χ1) is 19.0. The largest absolute Gasteiger partial charge is 0.434 e. The fourth-order valence-electron chi connectivity index (χ4n) is 4.74. The summed E-state index contributed by atoms with van der Waals surface area (Å²) in [6, 6.07) is 9.14. The molecular weight excluding hydrogens is 543 g/mol. The molecular formula is C28H32F3N5O3S. The van der Waals surface area contributed by atoms with Crippen LogP contribution in [0.3, 0.4) is 0 Å². The first kappa shape index (κ1) is 29.4.